The minimum Gasteiger partial charge on any atom is -0.547 e. The molecule has 0 saturated heterocycles. The minimum absolute atomic E-state index is 1.11. The number of rotatable bonds is 13. The fourth-order valence-electron chi connectivity index (χ4n) is 2.05. The molecule has 4 atom stereocenters. The van der Waals surface area contributed by atoms with Gasteiger partial charge < -0.3 is 59.4 Å². The van der Waals surface area contributed by atoms with Crippen molar-refractivity contribution < 1.29 is 69.0 Å². The normalized spacial score (nSPS) is 14.8. The molecule has 0 aliphatic rings. The van der Waals surface area contributed by atoms with Crippen molar-refractivity contribution in [1.29, 1.82) is 0 Å². The van der Waals surface area contributed by atoms with Crippen LogP contribution in [-0.4, -0.2) is 143 Å². The number of carboxylic acid groups (broad SMARTS) is 4. The summed E-state index contributed by atoms with van der Waals surface area (Å²) in [4.78, 5) is 38.8. The van der Waals surface area contributed by atoms with Gasteiger partial charge in [-0.05, 0) is 25.7 Å². The Morgan fingerprint density at radius 2 is 0.794 bits per heavy atom. The molecule has 0 aromatic heterocycles. The Kier molecular flexibility index (Phi) is 18.2. The van der Waals surface area contributed by atoms with Crippen LogP contribution in [0.25, 0.3) is 0 Å². The van der Waals surface area contributed by atoms with Crippen LogP contribution in [0, 0.1) is 0 Å². The maximum Gasteiger partial charge on any atom is 0.335 e. The third-order valence-electron chi connectivity index (χ3n) is 4.00. The summed E-state index contributed by atoms with van der Waals surface area (Å²) >= 11 is 0. The molecular formula is C20H40N2O12. The zero-order valence-corrected chi connectivity index (χ0v) is 20.6. The van der Waals surface area contributed by atoms with Gasteiger partial charge in [-0.2, -0.15) is 0 Å². The van der Waals surface area contributed by atoms with Crippen molar-refractivity contribution in [2.75, 3.05) is 55.4 Å². The van der Waals surface area contributed by atoms with E-state index in [-0.39, 0.29) is 0 Å². The predicted molar refractivity (Wildman–Crippen MR) is 114 cm³/mol. The molecule has 14 nitrogen and oxygen atoms in total. The van der Waals surface area contributed by atoms with Gasteiger partial charge in [0.25, 0.3) is 0 Å². The number of nitrogens with zero attached hydrogens (tertiary/aromatic N) is 2. The van der Waals surface area contributed by atoms with Crippen molar-refractivity contribution in [3.05, 3.63) is 0 Å². The van der Waals surface area contributed by atoms with Gasteiger partial charge in [-0.25, -0.2) is 9.59 Å². The van der Waals surface area contributed by atoms with Gasteiger partial charge in [0, 0.05) is 0 Å². The molecule has 0 spiro atoms. The van der Waals surface area contributed by atoms with Gasteiger partial charge in [0.1, 0.15) is 12.2 Å². The van der Waals surface area contributed by atoms with Crippen molar-refractivity contribution in [2.45, 2.75) is 50.1 Å². The summed E-state index contributed by atoms with van der Waals surface area (Å²) in [6.45, 7) is 2.62. The van der Waals surface area contributed by atoms with E-state index in [1.54, 1.807) is 0 Å². The fourth-order valence-corrected chi connectivity index (χ4v) is 2.05. The second-order valence-electron chi connectivity index (χ2n) is 9.54. The van der Waals surface area contributed by atoms with Crippen LogP contribution in [0.1, 0.15) is 25.7 Å². The van der Waals surface area contributed by atoms with E-state index in [0.717, 1.165) is 8.97 Å². The van der Waals surface area contributed by atoms with Crippen LogP contribution >= 0.6 is 0 Å². The highest BCUT2D eigenvalue weighted by atomic mass is 16.4. The van der Waals surface area contributed by atoms with E-state index < -0.39 is 48.3 Å². The molecule has 0 rings (SSSR count). The third-order valence-corrected chi connectivity index (χ3v) is 4.00. The zero-order chi connectivity index (χ0) is 27.9. The number of aliphatic hydroxyl groups is 4. The number of aliphatic hydroxyl groups excluding tert-OH is 4. The van der Waals surface area contributed by atoms with Crippen LogP contribution in [0.3, 0.4) is 0 Å². The molecule has 6 N–H and O–H groups in total. The Morgan fingerprint density at radius 1 is 0.559 bits per heavy atom. The number of quaternary nitrogens is 2. The SMILES string of the molecule is C[N+](C)(C)CCCCCC[N+](C)(C)C.O=C([O-])C(O)C(O)C(=O)O.O=C([O-])C(O)C(O)C(=O)O. The highest BCUT2D eigenvalue weighted by Crippen LogP contribution is 2.05. The highest BCUT2D eigenvalue weighted by Gasteiger charge is 2.24. The summed E-state index contributed by atoms with van der Waals surface area (Å²) in [5.74, 6) is -7.65. The smallest absolute Gasteiger partial charge is 0.335 e. The van der Waals surface area contributed by atoms with E-state index in [0.29, 0.717) is 0 Å². The van der Waals surface area contributed by atoms with E-state index in [4.69, 9.17) is 30.6 Å². The first-order valence-electron chi connectivity index (χ1n) is 10.3. The summed E-state index contributed by atoms with van der Waals surface area (Å²) in [7, 11) is 13.6. The van der Waals surface area contributed by atoms with Gasteiger partial charge in [-0.1, -0.05) is 0 Å². The first-order chi connectivity index (χ1) is 15.1. The summed E-state index contributed by atoms with van der Waals surface area (Å²) < 4.78 is 2.21. The monoisotopic (exact) mass is 500 g/mol. The van der Waals surface area contributed by atoms with Gasteiger partial charge in [-0.15, -0.1) is 0 Å². The second kappa shape index (κ2) is 17.1. The van der Waals surface area contributed by atoms with E-state index in [1.807, 2.05) is 0 Å². The van der Waals surface area contributed by atoms with Crippen LogP contribution in [-0.2, 0) is 19.2 Å². The van der Waals surface area contributed by atoms with Crippen LogP contribution in [0.15, 0.2) is 0 Å². The Hall–Kier alpha value is -2.36. The van der Waals surface area contributed by atoms with E-state index in [1.165, 1.54) is 38.8 Å². The maximum absolute atomic E-state index is 9.74. The van der Waals surface area contributed by atoms with Gasteiger partial charge in [0.15, 0.2) is 12.2 Å². The van der Waals surface area contributed by atoms with Gasteiger partial charge in [0.05, 0.1) is 67.3 Å². The first kappa shape index (κ1) is 36.2. The number of carbonyl (C=O) groups excluding carboxylic acids is 2. The lowest BCUT2D eigenvalue weighted by atomic mass is 10.1. The quantitative estimate of drug-likeness (QED) is 0.103. The summed E-state index contributed by atoms with van der Waals surface area (Å²) in [6, 6.07) is 0. The summed E-state index contributed by atoms with van der Waals surface area (Å²) in [5, 5.41) is 68.3. The lowest BCUT2D eigenvalue weighted by molar-refractivity contribution is -0.871. The Labute approximate surface area is 199 Å². The molecule has 14 heteroatoms. The van der Waals surface area contributed by atoms with Crippen molar-refractivity contribution >= 4 is 23.9 Å². The molecule has 0 aliphatic carbocycles. The van der Waals surface area contributed by atoms with Crippen molar-refractivity contribution in [3.8, 4) is 0 Å². The number of unbranched alkanes of at least 4 members (excludes halogenated alkanes) is 3. The highest BCUT2D eigenvalue weighted by molar-refractivity contribution is 5.82. The fraction of sp³-hybridized carbons (Fsp3) is 0.800. The number of carbonyl (C=O) groups is 4. The second-order valence-corrected chi connectivity index (χ2v) is 9.54. The van der Waals surface area contributed by atoms with Crippen molar-refractivity contribution in [3.63, 3.8) is 0 Å². The molecule has 0 aromatic carbocycles. The lowest BCUT2D eigenvalue weighted by Crippen LogP contribution is -2.46. The largest absolute Gasteiger partial charge is 0.547 e. The number of hydrogen-bond acceptors (Lipinski definition) is 10. The molecule has 0 aromatic rings. The lowest BCUT2D eigenvalue weighted by Gasteiger charge is -2.25. The summed E-state index contributed by atoms with van der Waals surface area (Å²) in [5.41, 5.74) is 0. The molecule has 0 saturated carbocycles. The topological polar surface area (TPSA) is 236 Å². The molecule has 202 valence electrons. The van der Waals surface area contributed by atoms with Crippen LogP contribution in [0.4, 0.5) is 0 Å². The minimum atomic E-state index is -2.38. The number of carboxylic acids is 4. The zero-order valence-electron chi connectivity index (χ0n) is 20.6. The first-order valence-corrected chi connectivity index (χ1v) is 10.3. The standard InChI is InChI=1S/C12H30N2.2C4H6O6/c1-13(2,3)11-9-7-8-10-12-14(4,5)6;2*5-1(3(7)8)2(6)4(9)10/h7-12H2,1-6H3;2*1-2,5-6H,(H,7,8)(H,9,10)/q+2;;/p-2. The summed E-state index contributed by atoms with van der Waals surface area (Å²) in [6.07, 6.45) is -3.86. The Bertz CT molecular complexity index is 538. The average molecular weight is 501 g/mol. The molecule has 4 unspecified atom stereocenters. The average Bonchev–Trinajstić information content (AvgIpc) is 2.67. The predicted octanol–water partition coefficient (Wildman–Crippen LogP) is -4.96. The van der Waals surface area contributed by atoms with E-state index in [2.05, 4.69) is 42.3 Å². The number of aliphatic carboxylic acids is 4. The third kappa shape index (κ3) is 22.8. The van der Waals surface area contributed by atoms with Gasteiger partial charge in [0.2, 0.25) is 0 Å². The van der Waals surface area contributed by atoms with Crippen LogP contribution < -0.4 is 10.2 Å². The van der Waals surface area contributed by atoms with Crippen LogP contribution in [0.5, 0.6) is 0 Å². The van der Waals surface area contributed by atoms with Crippen molar-refractivity contribution in [2.24, 2.45) is 0 Å². The molecule has 0 heterocycles. The van der Waals surface area contributed by atoms with Gasteiger partial charge in [-0.3, -0.25) is 0 Å². The Morgan fingerprint density at radius 3 is 0.912 bits per heavy atom. The Balaban J connectivity index is -0.000000434. The molecule has 34 heavy (non-hydrogen) atoms. The molecular weight excluding hydrogens is 460 g/mol. The van der Waals surface area contributed by atoms with Crippen molar-refractivity contribution in [1.82, 2.24) is 0 Å². The molecule has 0 aliphatic heterocycles. The molecule has 0 fully saturated rings. The maximum atomic E-state index is 9.74. The van der Waals surface area contributed by atoms with Crippen LogP contribution in [0.2, 0.25) is 0 Å². The van der Waals surface area contributed by atoms with E-state index in [9.17, 15) is 29.4 Å². The number of hydrogen-bond donors (Lipinski definition) is 6. The van der Waals surface area contributed by atoms with E-state index >= 15 is 0 Å². The van der Waals surface area contributed by atoms with Gasteiger partial charge >= 0.3 is 11.9 Å². The molecule has 0 amide bonds. The molecule has 0 radical (unpaired) electrons. The molecule has 0 bridgehead atoms.